The van der Waals surface area contributed by atoms with E-state index in [1.165, 1.54) is 11.0 Å². The first-order valence-corrected chi connectivity index (χ1v) is 9.91. The predicted molar refractivity (Wildman–Crippen MR) is 104 cm³/mol. The van der Waals surface area contributed by atoms with Gasteiger partial charge in [0.2, 0.25) is 5.88 Å². The van der Waals surface area contributed by atoms with Crippen LogP contribution in [0.25, 0.3) is 0 Å². The van der Waals surface area contributed by atoms with Crippen LogP contribution in [0.4, 0.5) is 9.18 Å². The number of ether oxygens (including phenoxy) is 1. The molecule has 0 unspecified atom stereocenters. The Bertz CT molecular complexity index is 921. The first-order chi connectivity index (χ1) is 14.0. The minimum Gasteiger partial charge on any atom is -0.473 e. The van der Waals surface area contributed by atoms with E-state index in [2.05, 4.69) is 4.98 Å². The molecule has 0 bridgehead atoms. The number of halogens is 1. The molecule has 6 nitrogen and oxygen atoms in total. The number of carbonyl (C=O) groups excluding carboxylic acids is 1. The lowest BCUT2D eigenvalue weighted by atomic mass is 9.93. The van der Waals surface area contributed by atoms with Gasteiger partial charge in [0.1, 0.15) is 12.4 Å². The van der Waals surface area contributed by atoms with Crippen LogP contribution in [0.2, 0.25) is 0 Å². The van der Waals surface area contributed by atoms with E-state index < -0.39 is 11.9 Å². The average molecular weight is 398 g/mol. The molecule has 0 radical (unpaired) electrons. The third kappa shape index (κ3) is 4.55. The summed E-state index contributed by atoms with van der Waals surface area (Å²) in [6.45, 7) is 1.01. The molecule has 2 heterocycles. The maximum atomic E-state index is 14.4. The number of carbonyl (C=O) groups is 2. The first kappa shape index (κ1) is 19.4. The number of aromatic nitrogens is 1. The molecule has 1 N–H and O–H groups in total. The zero-order valence-electron chi connectivity index (χ0n) is 16.0. The number of carboxylic acid groups (broad SMARTS) is 1. The molecule has 1 amide bonds. The Kier molecular flexibility index (Phi) is 5.47. The second kappa shape index (κ2) is 8.19. The Morgan fingerprint density at radius 2 is 1.90 bits per heavy atom. The number of amides is 1. The number of ketones is 1. The molecule has 1 aliphatic heterocycles. The van der Waals surface area contributed by atoms with Gasteiger partial charge in [0.05, 0.1) is 0 Å². The predicted octanol–water partition coefficient (Wildman–Crippen LogP) is 4.25. The SMILES string of the molecule is O=C(c1ccc(COc2cccc(C3CCN(C(=O)O)CC3)n2)c(F)c1)C1CC1. The second-order valence-corrected chi connectivity index (χ2v) is 7.68. The summed E-state index contributed by atoms with van der Waals surface area (Å²) >= 11 is 0. The lowest BCUT2D eigenvalue weighted by molar-refractivity contribution is 0.0967. The topological polar surface area (TPSA) is 79.7 Å². The summed E-state index contributed by atoms with van der Waals surface area (Å²) in [6, 6.07) is 10.0. The second-order valence-electron chi connectivity index (χ2n) is 7.68. The van der Waals surface area contributed by atoms with Gasteiger partial charge in [0, 0.05) is 47.8 Å². The number of likely N-dealkylation sites (tertiary alicyclic amines) is 1. The fourth-order valence-electron chi connectivity index (χ4n) is 3.66. The zero-order valence-corrected chi connectivity index (χ0v) is 16.0. The monoisotopic (exact) mass is 398 g/mol. The highest BCUT2D eigenvalue weighted by molar-refractivity contribution is 5.99. The molecule has 29 heavy (non-hydrogen) atoms. The van der Waals surface area contributed by atoms with Gasteiger partial charge in [0.25, 0.3) is 0 Å². The van der Waals surface area contributed by atoms with Crippen molar-refractivity contribution in [2.45, 2.75) is 38.2 Å². The summed E-state index contributed by atoms with van der Waals surface area (Å²) in [5.74, 6) is 0.207. The van der Waals surface area contributed by atoms with Crippen LogP contribution in [0, 0.1) is 11.7 Å². The smallest absolute Gasteiger partial charge is 0.407 e. The third-order valence-electron chi connectivity index (χ3n) is 5.59. The number of hydrogen-bond acceptors (Lipinski definition) is 4. The molecule has 0 atom stereocenters. The molecule has 1 aromatic heterocycles. The van der Waals surface area contributed by atoms with Crippen molar-refractivity contribution in [2.75, 3.05) is 13.1 Å². The van der Waals surface area contributed by atoms with Crippen molar-refractivity contribution < 1.29 is 23.8 Å². The summed E-state index contributed by atoms with van der Waals surface area (Å²) < 4.78 is 20.0. The van der Waals surface area contributed by atoms with Crippen molar-refractivity contribution >= 4 is 11.9 Å². The standard InChI is InChI=1S/C22H23FN2O4/c23-18-12-16(21(26)15-4-5-15)6-7-17(18)13-29-20-3-1-2-19(24-20)14-8-10-25(11-9-14)22(27)28/h1-3,6-7,12,14-15H,4-5,8-11,13H2,(H,27,28). The van der Waals surface area contributed by atoms with Crippen molar-refractivity contribution in [1.82, 2.24) is 9.88 Å². The highest BCUT2D eigenvalue weighted by atomic mass is 19.1. The third-order valence-corrected chi connectivity index (χ3v) is 5.59. The number of piperidine rings is 1. The van der Waals surface area contributed by atoms with Crippen LogP contribution in [0.3, 0.4) is 0 Å². The van der Waals surface area contributed by atoms with Gasteiger partial charge in [0.15, 0.2) is 5.78 Å². The van der Waals surface area contributed by atoms with Crippen LogP contribution in [-0.2, 0) is 6.61 Å². The molecule has 0 spiro atoms. The van der Waals surface area contributed by atoms with E-state index in [0.29, 0.717) is 42.9 Å². The highest BCUT2D eigenvalue weighted by Crippen LogP contribution is 2.33. The lowest BCUT2D eigenvalue weighted by Crippen LogP contribution is -2.36. The van der Waals surface area contributed by atoms with Crippen LogP contribution in [0.5, 0.6) is 5.88 Å². The molecular formula is C22H23FN2O4. The fraction of sp³-hybridized carbons (Fsp3) is 0.409. The molecule has 2 fully saturated rings. The Morgan fingerprint density at radius 3 is 2.55 bits per heavy atom. The highest BCUT2D eigenvalue weighted by Gasteiger charge is 2.30. The van der Waals surface area contributed by atoms with Crippen molar-refractivity contribution in [3.05, 3.63) is 59.0 Å². The largest absolute Gasteiger partial charge is 0.473 e. The Labute approximate surface area is 168 Å². The summed E-state index contributed by atoms with van der Waals surface area (Å²) in [5.41, 5.74) is 1.65. The van der Waals surface area contributed by atoms with E-state index in [9.17, 15) is 14.0 Å². The van der Waals surface area contributed by atoms with E-state index in [0.717, 1.165) is 18.5 Å². The first-order valence-electron chi connectivity index (χ1n) is 9.91. The number of benzene rings is 1. The van der Waals surface area contributed by atoms with Gasteiger partial charge in [-0.2, -0.15) is 0 Å². The number of hydrogen-bond donors (Lipinski definition) is 1. The maximum absolute atomic E-state index is 14.4. The molecular weight excluding hydrogens is 375 g/mol. The molecule has 1 aliphatic carbocycles. The number of Topliss-reactive ketones (excluding diaryl/α,β-unsaturated/α-hetero) is 1. The Balaban J connectivity index is 1.37. The van der Waals surface area contributed by atoms with E-state index in [1.54, 1.807) is 18.2 Å². The molecule has 1 saturated heterocycles. The van der Waals surface area contributed by atoms with Crippen molar-refractivity contribution in [3.8, 4) is 5.88 Å². The van der Waals surface area contributed by atoms with Crippen LogP contribution >= 0.6 is 0 Å². The minimum absolute atomic E-state index is 0.0136. The van der Waals surface area contributed by atoms with Crippen LogP contribution in [0.1, 0.15) is 53.2 Å². The Morgan fingerprint density at radius 1 is 1.14 bits per heavy atom. The molecule has 7 heteroatoms. The summed E-state index contributed by atoms with van der Waals surface area (Å²) in [6.07, 6.45) is 2.33. The lowest BCUT2D eigenvalue weighted by Gasteiger charge is -2.29. The summed E-state index contributed by atoms with van der Waals surface area (Å²) in [5, 5.41) is 9.06. The van der Waals surface area contributed by atoms with Crippen molar-refractivity contribution in [3.63, 3.8) is 0 Å². The molecule has 152 valence electrons. The quantitative estimate of drug-likeness (QED) is 0.736. The van der Waals surface area contributed by atoms with Gasteiger partial charge in [-0.3, -0.25) is 4.79 Å². The summed E-state index contributed by atoms with van der Waals surface area (Å²) in [7, 11) is 0. The zero-order chi connectivity index (χ0) is 20.4. The minimum atomic E-state index is -0.889. The van der Waals surface area contributed by atoms with E-state index >= 15 is 0 Å². The van der Waals surface area contributed by atoms with Crippen molar-refractivity contribution in [1.29, 1.82) is 0 Å². The maximum Gasteiger partial charge on any atom is 0.407 e. The number of rotatable bonds is 6. The molecule has 2 aliphatic rings. The molecule has 1 aromatic carbocycles. The van der Waals surface area contributed by atoms with Crippen LogP contribution in [0.15, 0.2) is 36.4 Å². The fourth-order valence-corrected chi connectivity index (χ4v) is 3.66. The van der Waals surface area contributed by atoms with Gasteiger partial charge in [-0.1, -0.05) is 18.2 Å². The van der Waals surface area contributed by atoms with E-state index in [1.807, 2.05) is 12.1 Å². The molecule has 1 saturated carbocycles. The van der Waals surface area contributed by atoms with E-state index in [-0.39, 0.29) is 24.2 Å². The molecule has 2 aromatic rings. The van der Waals surface area contributed by atoms with Gasteiger partial charge in [-0.25, -0.2) is 14.2 Å². The Hall–Kier alpha value is -2.96. The van der Waals surface area contributed by atoms with Crippen LogP contribution in [-0.4, -0.2) is 40.0 Å². The number of nitrogens with zero attached hydrogens (tertiary/aromatic N) is 2. The van der Waals surface area contributed by atoms with Crippen molar-refractivity contribution in [2.24, 2.45) is 5.92 Å². The van der Waals surface area contributed by atoms with Gasteiger partial charge < -0.3 is 14.7 Å². The molecule has 4 rings (SSSR count). The normalized spacial score (nSPS) is 17.2. The number of pyridine rings is 1. The van der Waals surface area contributed by atoms with Crippen LogP contribution < -0.4 is 4.74 Å². The van der Waals surface area contributed by atoms with Gasteiger partial charge in [-0.15, -0.1) is 0 Å². The average Bonchev–Trinajstić information content (AvgIpc) is 3.58. The van der Waals surface area contributed by atoms with E-state index in [4.69, 9.17) is 9.84 Å². The van der Waals surface area contributed by atoms with Gasteiger partial charge in [-0.05, 0) is 37.8 Å². The van der Waals surface area contributed by atoms with Gasteiger partial charge >= 0.3 is 6.09 Å². The summed E-state index contributed by atoms with van der Waals surface area (Å²) in [4.78, 5) is 29.0.